The standard InChI is InChI=1S/C11H14N6S/c1-17-11(14-15-16-17)18-9(7-10(12)13)8-5-3-2-4-6-8/h2-6,9H,7H2,1H3,(H3,12,13). The summed E-state index contributed by atoms with van der Waals surface area (Å²) in [7, 11) is 1.79. The van der Waals surface area contributed by atoms with Gasteiger partial charge >= 0.3 is 0 Å². The normalized spacial score (nSPS) is 12.3. The number of rotatable bonds is 5. The maximum atomic E-state index is 7.46. The van der Waals surface area contributed by atoms with Crippen LogP contribution in [0.25, 0.3) is 0 Å². The predicted molar refractivity (Wildman–Crippen MR) is 70.4 cm³/mol. The van der Waals surface area contributed by atoms with E-state index in [0.29, 0.717) is 11.6 Å². The fourth-order valence-corrected chi connectivity index (χ4v) is 2.63. The van der Waals surface area contributed by atoms with Gasteiger partial charge in [0.1, 0.15) is 0 Å². The van der Waals surface area contributed by atoms with E-state index in [0.717, 1.165) is 5.56 Å². The summed E-state index contributed by atoms with van der Waals surface area (Å²) in [5.74, 6) is 0.159. The van der Waals surface area contributed by atoms with Crippen molar-refractivity contribution in [1.29, 1.82) is 5.41 Å². The molecule has 0 amide bonds. The van der Waals surface area contributed by atoms with Gasteiger partial charge in [-0.2, -0.15) is 0 Å². The molecule has 1 aromatic carbocycles. The van der Waals surface area contributed by atoms with Gasteiger partial charge in [-0.25, -0.2) is 4.68 Å². The molecule has 0 saturated carbocycles. The number of hydrogen-bond donors (Lipinski definition) is 2. The molecule has 1 unspecified atom stereocenters. The third-order valence-electron chi connectivity index (χ3n) is 2.41. The molecule has 2 rings (SSSR count). The molecule has 0 aliphatic heterocycles. The van der Waals surface area contributed by atoms with Crippen molar-refractivity contribution in [3.8, 4) is 0 Å². The second kappa shape index (κ2) is 5.63. The van der Waals surface area contributed by atoms with Crippen LogP contribution in [0.2, 0.25) is 0 Å². The first kappa shape index (κ1) is 12.6. The summed E-state index contributed by atoms with van der Waals surface area (Å²) in [5.41, 5.74) is 6.62. The van der Waals surface area contributed by atoms with Crippen molar-refractivity contribution < 1.29 is 0 Å². The molecule has 0 aliphatic rings. The second-order valence-corrected chi connectivity index (χ2v) is 5.00. The summed E-state index contributed by atoms with van der Waals surface area (Å²) in [6, 6.07) is 9.94. The van der Waals surface area contributed by atoms with Crippen molar-refractivity contribution >= 4 is 17.6 Å². The van der Waals surface area contributed by atoms with Crippen molar-refractivity contribution in [2.24, 2.45) is 12.8 Å². The van der Waals surface area contributed by atoms with E-state index in [9.17, 15) is 0 Å². The molecule has 0 aliphatic carbocycles. The van der Waals surface area contributed by atoms with Crippen LogP contribution in [0.3, 0.4) is 0 Å². The zero-order valence-electron chi connectivity index (χ0n) is 9.95. The third-order valence-corrected chi connectivity index (χ3v) is 3.69. The fourth-order valence-electron chi connectivity index (χ4n) is 1.54. The maximum Gasteiger partial charge on any atom is 0.209 e. The molecule has 94 valence electrons. The average Bonchev–Trinajstić information content (AvgIpc) is 2.75. The van der Waals surface area contributed by atoms with E-state index in [1.54, 1.807) is 11.7 Å². The molecular formula is C11H14N6S. The number of tetrazole rings is 1. The van der Waals surface area contributed by atoms with Crippen molar-refractivity contribution in [3.05, 3.63) is 35.9 Å². The van der Waals surface area contributed by atoms with Crippen LogP contribution >= 0.6 is 11.8 Å². The van der Waals surface area contributed by atoms with Crippen LogP contribution in [-0.2, 0) is 7.05 Å². The van der Waals surface area contributed by atoms with E-state index in [2.05, 4.69) is 15.5 Å². The van der Waals surface area contributed by atoms with Gasteiger partial charge < -0.3 is 5.73 Å². The predicted octanol–water partition coefficient (Wildman–Crippen LogP) is 1.37. The van der Waals surface area contributed by atoms with Gasteiger partial charge in [0.25, 0.3) is 0 Å². The quantitative estimate of drug-likeness (QED) is 0.482. The number of hydrogen-bond acceptors (Lipinski definition) is 5. The van der Waals surface area contributed by atoms with Gasteiger partial charge in [0, 0.05) is 18.7 Å². The monoisotopic (exact) mass is 262 g/mol. The average molecular weight is 262 g/mol. The van der Waals surface area contributed by atoms with Crippen LogP contribution in [0.1, 0.15) is 17.2 Å². The summed E-state index contributed by atoms with van der Waals surface area (Å²) < 4.78 is 1.61. The highest BCUT2D eigenvalue weighted by molar-refractivity contribution is 7.99. The first-order valence-electron chi connectivity index (χ1n) is 5.43. The minimum Gasteiger partial charge on any atom is -0.388 e. The number of benzene rings is 1. The van der Waals surface area contributed by atoms with E-state index in [1.165, 1.54) is 11.8 Å². The van der Waals surface area contributed by atoms with E-state index < -0.39 is 0 Å². The Morgan fingerprint density at radius 2 is 2.17 bits per heavy atom. The number of nitrogens with one attached hydrogen (secondary N) is 1. The van der Waals surface area contributed by atoms with Crippen LogP contribution in [-0.4, -0.2) is 26.0 Å². The lowest BCUT2D eigenvalue weighted by atomic mass is 10.1. The zero-order chi connectivity index (χ0) is 13.0. The van der Waals surface area contributed by atoms with E-state index in [1.807, 2.05) is 30.3 Å². The number of aryl methyl sites for hydroxylation is 1. The smallest absolute Gasteiger partial charge is 0.209 e. The maximum absolute atomic E-state index is 7.46. The molecule has 3 N–H and O–H groups in total. The Hall–Kier alpha value is -1.89. The summed E-state index contributed by atoms with van der Waals surface area (Å²) in [4.78, 5) is 0. The van der Waals surface area contributed by atoms with E-state index in [-0.39, 0.29) is 11.1 Å². The minimum absolute atomic E-state index is 0.0494. The summed E-state index contributed by atoms with van der Waals surface area (Å²) >= 11 is 1.51. The van der Waals surface area contributed by atoms with Crippen molar-refractivity contribution in [2.45, 2.75) is 16.8 Å². The van der Waals surface area contributed by atoms with Gasteiger partial charge in [0.05, 0.1) is 5.84 Å². The zero-order valence-corrected chi connectivity index (χ0v) is 10.8. The molecule has 0 saturated heterocycles. The highest BCUT2D eigenvalue weighted by atomic mass is 32.2. The van der Waals surface area contributed by atoms with Gasteiger partial charge in [-0.3, -0.25) is 5.41 Å². The van der Waals surface area contributed by atoms with Crippen molar-refractivity contribution in [1.82, 2.24) is 20.2 Å². The second-order valence-electron chi connectivity index (χ2n) is 3.83. The highest BCUT2D eigenvalue weighted by Gasteiger charge is 2.17. The Kier molecular flexibility index (Phi) is 3.93. The molecule has 18 heavy (non-hydrogen) atoms. The topological polar surface area (TPSA) is 93.5 Å². The Morgan fingerprint density at radius 3 is 2.72 bits per heavy atom. The van der Waals surface area contributed by atoms with E-state index >= 15 is 0 Å². The lowest BCUT2D eigenvalue weighted by Gasteiger charge is -2.14. The van der Waals surface area contributed by atoms with Crippen molar-refractivity contribution in [2.75, 3.05) is 0 Å². The van der Waals surface area contributed by atoms with Crippen LogP contribution < -0.4 is 5.73 Å². The molecule has 0 spiro atoms. The minimum atomic E-state index is 0.0494. The molecular weight excluding hydrogens is 248 g/mol. The lowest BCUT2D eigenvalue weighted by Crippen LogP contribution is -2.13. The van der Waals surface area contributed by atoms with Crippen LogP contribution in [0.15, 0.2) is 35.5 Å². The SMILES string of the molecule is Cn1nnnc1SC(CC(=N)N)c1ccccc1. The van der Waals surface area contributed by atoms with Crippen molar-refractivity contribution in [3.63, 3.8) is 0 Å². The Balaban J connectivity index is 2.21. The summed E-state index contributed by atoms with van der Waals surface area (Å²) in [6.45, 7) is 0. The molecule has 1 heterocycles. The number of amidine groups is 1. The molecule has 1 atom stereocenters. The Bertz CT molecular complexity index is 523. The summed E-state index contributed by atoms with van der Waals surface area (Å²) in [5, 5.41) is 19.6. The number of thioether (sulfide) groups is 1. The molecule has 7 heteroatoms. The largest absolute Gasteiger partial charge is 0.388 e. The molecule has 1 aromatic heterocycles. The first-order chi connectivity index (χ1) is 8.66. The molecule has 6 nitrogen and oxygen atoms in total. The fraction of sp³-hybridized carbons (Fsp3) is 0.273. The molecule has 0 fully saturated rings. The summed E-state index contributed by atoms with van der Waals surface area (Å²) in [6.07, 6.45) is 0.474. The number of aromatic nitrogens is 4. The Labute approximate surface area is 109 Å². The number of nitrogens with two attached hydrogens (primary N) is 1. The number of nitrogens with zero attached hydrogens (tertiary/aromatic N) is 4. The third kappa shape index (κ3) is 3.07. The molecule has 0 bridgehead atoms. The van der Waals surface area contributed by atoms with Gasteiger partial charge in [-0.15, -0.1) is 5.10 Å². The molecule has 0 radical (unpaired) electrons. The van der Waals surface area contributed by atoms with Gasteiger partial charge in [0.15, 0.2) is 0 Å². The van der Waals surface area contributed by atoms with Crippen LogP contribution in [0, 0.1) is 5.41 Å². The molecule has 2 aromatic rings. The van der Waals surface area contributed by atoms with Crippen LogP contribution in [0.5, 0.6) is 0 Å². The first-order valence-corrected chi connectivity index (χ1v) is 6.31. The van der Waals surface area contributed by atoms with Gasteiger partial charge in [-0.1, -0.05) is 42.1 Å². The van der Waals surface area contributed by atoms with Gasteiger partial charge in [0.2, 0.25) is 5.16 Å². The van der Waals surface area contributed by atoms with Gasteiger partial charge in [-0.05, 0) is 16.0 Å². The highest BCUT2D eigenvalue weighted by Crippen LogP contribution is 2.35. The van der Waals surface area contributed by atoms with E-state index in [4.69, 9.17) is 11.1 Å². The Morgan fingerprint density at radius 1 is 1.44 bits per heavy atom. The van der Waals surface area contributed by atoms with Crippen LogP contribution in [0.4, 0.5) is 0 Å². The lowest BCUT2D eigenvalue weighted by molar-refractivity contribution is 0.663.